The highest BCUT2D eigenvalue weighted by Gasteiger charge is 2.20. The topological polar surface area (TPSA) is 29.3 Å². The molecular formula is C16H23N3. The van der Waals surface area contributed by atoms with E-state index in [1.165, 1.54) is 32.1 Å². The van der Waals surface area contributed by atoms with Crippen molar-refractivity contribution in [3.8, 4) is 0 Å². The summed E-state index contributed by atoms with van der Waals surface area (Å²) in [6.45, 7) is 3.21. The van der Waals surface area contributed by atoms with E-state index in [-0.39, 0.29) is 0 Å². The van der Waals surface area contributed by atoms with Gasteiger partial charge in [-0.3, -0.25) is 0 Å². The van der Waals surface area contributed by atoms with Gasteiger partial charge in [0.2, 0.25) is 0 Å². The Bertz CT molecular complexity index is 499. The number of rotatable bonds is 4. The molecule has 2 aromatic rings. The Morgan fingerprint density at radius 3 is 3.16 bits per heavy atom. The number of pyridine rings is 1. The van der Waals surface area contributed by atoms with E-state index >= 15 is 0 Å². The first kappa shape index (κ1) is 12.7. The molecule has 1 fully saturated rings. The maximum absolute atomic E-state index is 4.64. The third-order valence-electron chi connectivity index (χ3n) is 4.35. The van der Waals surface area contributed by atoms with Gasteiger partial charge in [0.05, 0.1) is 5.69 Å². The van der Waals surface area contributed by atoms with Gasteiger partial charge in [-0.2, -0.15) is 0 Å². The summed E-state index contributed by atoms with van der Waals surface area (Å²) < 4.78 is 2.09. The SMILES string of the molecule is CCC1CCCC(NCc2cn3ccccc3n2)C1. The molecule has 1 saturated carbocycles. The van der Waals surface area contributed by atoms with E-state index < -0.39 is 0 Å². The van der Waals surface area contributed by atoms with E-state index in [0.29, 0.717) is 6.04 Å². The van der Waals surface area contributed by atoms with Crippen molar-refractivity contribution in [1.29, 1.82) is 0 Å². The number of aromatic nitrogens is 2. The average Bonchev–Trinajstić information content (AvgIpc) is 2.88. The van der Waals surface area contributed by atoms with Gasteiger partial charge in [-0.25, -0.2) is 4.98 Å². The maximum atomic E-state index is 4.64. The van der Waals surface area contributed by atoms with Crippen LogP contribution in [0, 0.1) is 5.92 Å². The monoisotopic (exact) mass is 257 g/mol. The van der Waals surface area contributed by atoms with Crippen molar-refractivity contribution in [2.45, 2.75) is 51.6 Å². The lowest BCUT2D eigenvalue weighted by atomic mass is 9.84. The van der Waals surface area contributed by atoms with Crippen LogP contribution < -0.4 is 5.32 Å². The molecule has 2 atom stereocenters. The number of fused-ring (bicyclic) bond motifs is 1. The van der Waals surface area contributed by atoms with Crippen LogP contribution in [0.1, 0.15) is 44.7 Å². The normalized spacial score (nSPS) is 23.8. The fraction of sp³-hybridized carbons (Fsp3) is 0.562. The minimum absolute atomic E-state index is 0.684. The fourth-order valence-electron chi connectivity index (χ4n) is 3.17. The molecule has 19 heavy (non-hydrogen) atoms. The summed E-state index contributed by atoms with van der Waals surface area (Å²) in [4.78, 5) is 4.64. The summed E-state index contributed by atoms with van der Waals surface area (Å²) in [7, 11) is 0. The zero-order valence-electron chi connectivity index (χ0n) is 11.7. The highest BCUT2D eigenvalue weighted by Crippen LogP contribution is 2.26. The molecule has 0 aromatic carbocycles. The van der Waals surface area contributed by atoms with Crippen LogP contribution in [0.2, 0.25) is 0 Å². The predicted molar refractivity (Wildman–Crippen MR) is 78.1 cm³/mol. The van der Waals surface area contributed by atoms with Gasteiger partial charge in [0, 0.05) is 25.0 Å². The quantitative estimate of drug-likeness (QED) is 0.909. The van der Waals surface area contributed by atoms with Crippen molar-refractivity contribution in [1.82, 2.24) is 14.7 Å². The Labute approximate surface area is 115 Å². The van der Waals surface area contributed by atoms with Crippen LogP contribution in [0.4, 0.5) is 0 Å². The molecule has 0 spiro atoms. The van der Waals surface area contributed by atoms with Gasteiger partial charge in [-0.1, -0.05) is 32.3 Å². The van der Waals surface area contributed by atoms with Crippen molar-refractivity contribution < 1.29 is 0 Å². The van der Waals surface area contributed by atoms with Gasteiger partial charge in [0.1, 0.15) is 5.65 Å². The molecule has 1 aliphatic carbocycles. The molecule has 0 radical (unpaired) electrons. The Hall–Kier alpha value is -1.35. The molecule has 2 aromatic heterocycles. The first-order valence-corrected chi connectivity index (χ1v) is 7.51. The van der Waals surface area contributed by atoms with Gasteiger partial charge in [0.15, 0.2) is 0 Å². The average molecular weight is 257 g/mol. The molecule has 0 saturated heterocycles. The van der Waals surface area contributed by atoms with E-state index in [1.807, 2.05) is 12.1 Å². The van der Waals surface area contributed by atoms with E-state index in [0.717, 1.165) is 23.8 Å². The first-order chi connectivity index (χ1) is 9.35. The van der Waals surface area contributed by atoms with Crippen molar-refractivity contribution in [2.24, 2.45) is 5.92 Å². The highest BCUT2D eigenvalue weighted by molar-refractivity contribution is 5.39. The molecule has 0 aliphatic heterocycles. The zero-order chi connectivity index (χ0) is 13.1. The standard InChI is InChI=1S/C16H23N3/c1-2-13-6-5-7-14(10-13)17-11-15-12-19-9-4-3-8-16(19)18-15/h3-4,8-9,12-14,17H,2,5-7,10-11H2,1H3. The summed E-state index contributed by atoms with van der Waals surface area (Å²) >= 11 is 0. The van der Waals surface area contributed by atoms with Gasteiger partial charge < -0.3 is 9.72 Å². The first-order valence-electron chi connectivity index (χ1n) is 7.51. The minimum Gasteiger partial charge on any atom is -0.308 e. The van der Waals surface area contributed by atoms with E-state index in [2.05, 4.69) is 40.1 Å². The van der Waals surface area contributed by atoms with Crippen LogP contribution in [0.5, 0.6) is 0 Å². The zero-order valence-corrected chi connectivity index (χ0v) is 11.7. The number of imidazole rings is 1. The third kappa shape index (κ3) is 2.98. The second-order valence-corrected chi connectivity index (χ2v) is 5.72. The highest BCUT2D eigenvalue weighted by atomic mass is 15.0. The van der Waals surface area contributed by atoms with Gasteiger partial charge in [-0.05, 0) is 30.9 Å². The largest absolute Gasteiger partial charge is 0.308 e. The minimum atomic E-state index is 0.684. The van der Waals surface area contributed by atoms with Crippen molar-refractivity contribution in [3.05, 3.63) is 36.3 Å². The molecular weight excluding hydrogens is 234 g/mol. The summed E-state index contributed by atoms with van der Waals surface area (Å²) in [5.41, 5.74) is 2.18. The summed E-state index contributed by atoms with van der Waals surface area (Å²) in [5, 5.41) is 3.69. The molecule has 2 unspecified atom stereocenters. The van der Waals surface area contributed by atoms with Crippen LogP contribution in [0.3, 0.4) is 0 Å². The van der Waals surface area contributed by atoms with Crippen molar-refractivity contribution in [2.75, 3.05) is 0 Å². The molecule has 3 rings (SSSR count). The Morgan fingerprint density at radius 2 is 2.32 bits per heavy atom. The Balaban J connectivity index is 1.59. The van der Waals surface area contributed by atoms with Gasteiger partial charge in [-0.15, -0.1) is 0 Å². The molecule has 0 amide bonds. The Morgan fingerprint density at radius 1 is 1.37 bits per heavy atom. The fourth-order valence-corrected chi connectivity index (χ4v) is 3.17. The van der Waals surface area contributed by atoms with Gasteiger partial charge >= 0.3 is 0 Å². The number of hydrogen-bond donors (Lipinski definition) is 1. The van der Waals surface area contributed by atoms with Crippen LogP contribution in [0.25, 0.3) is 5.65 Å². The lowest BCUT2D eigenvalue weighted by molar-refractivity contribution is 0.278. The summed E-state index contributed by atoms with van der Waals surface area (Å²) in [5.74, 6) is 0.923. The Kier molecular flexibility index (Phi) is 3.83. The molecule has 3 heteroatoms. The van der Waals surface area contributed by atoms with Crippen LogP contribution in [0.15, 0.2) is 30.6 Å². The van der Waals surface area contributed by atoms with E-state index in [1.54, 1.807) is 0 Å². The lowest BCUT2D eigenvalue weighted by Crippen LogP contribution is -2.33. The molecule has 0 bridgehead atoms. The van der Waals surface area contributed by atoms with Crippen LogP contribution >= 0.6 is 0 Å². The third-order valence-corrected chi connectivity index (χ3v) is 4.35. The van der Waals surface area contributed by atoms with Gasteiger partial charge in [0.25, 0.3) is 0 Å². The molecule has 2 heterocycles. The smallest absolute Gasteiger partial charge is 0.137 e. The molecule has 102 valence electrons. The number of nitrogens with one attached hydrogen (secondary N) is 1. The number of hydrogen-bond acceptors (Lipinski definition) is 2. The summed E-state index contributed by atoms with van der Waals surface area (Å²) in [6, 6.07) is 6.81. The second-order valence-electron chi connectivity index (χ2n) is 5.72. The van der Waals surface area contributed by atoms with Crippen LogP contribution in [-0.2, 0) is 6.54 Å². The summed E-state index contributed by atoms with van der Waals surface area (Å²) in [6.07, 6.45) is 11.0. The van der Waals surface area contributed by atoms with Crippen LogP contribution in [-0.4, -0.2) is 15.4 Å². The lowest BCUT2D eigenvalue weighted by Gasteiger charge is -2.29. The predicted octanol–water partition coefficient (Wildman–Crippen LogP) is 3.39. The van der Waals surface area contributed by atoms with E-state index in [9.17, 15) is 0 Å². The molecule has 1 aliphatic rings. The van der Waals surface area contributed by atoms with E-state index in [4.69, 9.17) is 0 Å². The maximum Gasteiger partial charge on any atom is 0.137 e. The molecule has 1 N–H and O–H groups in total. The van der Waals surface area contributed by atoms with Crippen molar-refractivity contribution >= 4 is 5.65 Å². The molecule has 3 nitrogen and oxygen atoms in total. The van der Waals surface area contributed by atoms with Crippen molar-refractivity contribution in [3.63, 3.8) is 0 Å². The second kappa shape index (κ2) is 5.74. The number of nitrogens with zero attached hydrogens (tertiary/aromatic N) is 2.